The number of halogens is 1. The van der Waals surface area contributed by atoms with E-state index in [4.69, 9.17) is 9.47 Å². The maximum Gasteiger partial charge on any atom is 0.293 e. The van der Waals surface area contributed by atoms with Gasteiger partial charge in [0, 0.05) is 6.54 Å². The predicted octanol–water partition coefficient (Wildman–Crippen LogP) is 7.47. The predicted molar refractivity (Wildman–Crippen MR) is 152 cm³/mol. The molecule has 0 radical (unpaired) electrons. The number of carbonyl (C=O) groups is 2. The Morgan fingerprint density at radius 2 is 1.70 bits per heavy atom. The molecule has 4 aromatic rings. The fourth-order valence-corrected chi connectivity index (χ4v) is 5.70. The van der Waals surface area contributed by atoms with Crippen LogP contribution >= 0.6 is 27.7 Å². The second-order valence-corrected chi connectivity index (χ2v) is 10.4. The number of rotatable bonds is 8. The maximum absolute atomic E-state index is 13.0. The average molecular weight is 574 g/mol. The third-order valence-corrected chi connectivity index (χ3v) is 7.64. The largest absolute Gasteiger partial charge is 0.493 e. The van der Waals surface area contributed by atoms with Crippen molar-refractivity contribution in [2.75, 3.05) is 13.7 Å². The molecule has 0 bridgehead atoms. The third-order valence-electron chi connectivity index (χ3n) is 6.14. The molecule has 5 nitrogen and oxygen atoms in total. The van der Waals surface area contributed by atoms with Crippen LogP contribution in [-0.2, 0) is 17.8 Å². The Hall–Kier alpha value is -3.55. The van der Waals surface area contributed by atoms with E-state index in [-0.39, 0.29) is 11.1 Å². The Bertz CT molecular complexity index is 1500. The lowest BCUT2D eigenvalue weighted by molar-refractivity contribution is -0.122. The highest BCUT2D eigenvalue weighted by molar-refractivity contribution is 9.10. The standard InChI is InChI=1S/C30H24BrNO4S/c1-35-26-17-21(18-27-29(33)32(30(34)37-27)15-14-20-8-3-2-4-9-20)16-25(31)28(26)36-19-23-12-7-11-22-10-5-6-13-24(22)23/h2-13,16-18H,14-15,19H2,1H3/b27-18-. The van der Waals surface area contributed by atoms with E-state index in [1.54, 1.807) is 19.3 Å². The Labute approximate surface area is 228 Å². The van der Waals surface area contributed by atoms with E-state index in [2.05, 4.69) is 34.1 Å². The number of nitrogens with zero attached hydrogens (tertiary/aromatic N) is 1. The minimum Gasteiger partial charge on any atom is -0.493 e. The van der Waals surface area contributed by atoms with Crippen LogP contribution in [0.5, 0.6) is 11.5 Å². The van der Waals surface area contributed by atoms with Crippen molar-refractivity contribution in [3.63, 3.8) is 0 Å². The summed E-state index contributed by atoms with van der Waals surface area (Å²) >= 11 is 4.55. The van der Waals surface area contributed by atoms with Gasteiger partial charge in [0.1, 0.15) is 6.61 Å². The van der Waals surface area contributed by atoms with Crippen LogP contribution in [-0.4, -0.2) is 29.7 Å². The zero-order chi connectivity index (χ0) is 25.8. The van der Waals surface area contributed by atoms with Crippen molar-refractivity contribution in [1.29, 1.82) is 0 Å². The lowest BCUT2D eigenvalue weighted by atomic mass is 10.1. The summed E-state index contributed by atoms with van der Waals surface area (Å²) in [5, 5.41) is 2.04. The van der Waals surface area contributed by atoms with Gasteiger partial charge in [-0.05, 0) is 79.8 Å². The van der Waals surface area contributed by atoms with E-state index in [9.17, 15) is 9.59 Å². The van der Waals surface area contributed by atoms with Crippen molar-refractivity contribution in [1.82, 2.24) is 4.90 Å². The van der Waals surface area contributed by atoms with Gasteiger partial charge in [-0.15, -0.1) is 0 Å². The quantitative estimate of drug-likeness (QED) is 0.205. The monoisotopic (exact) mass is 573 g/mol. The van der Waals surface area contributed by atoms with Gasteiger partial charge < -0.3 is 9.47 Å². The maximum atomic E-state index is 13.0. The van der Waals surface area contributed by atoms with Crippen LogP contribution in [0.1, 0.15) is 16.7 Å². The first kappa shape index (κ1) is 25.1. The fraction of sp³-hybridized carbons (Fsp3) is 0.133. The van der Waals surface area contributed by atoms with Crippen molar-refractivity contribution in [3.8, 4) is 11.5 Å². The number of methoxy groups -OCH3 is 1. The number of thioether (sulfide) groups is 1. The van der Waals surface area contributed by atoms with E-state index < -0.39 is 0 Å². The number of benzene rings is 4. The fourth-order valence-electron chi connectivity index (χ4n) is 4.26. The summed E-state index contributed by atoms with van der Waals surface area (Å²) in [5.41, 5.74) is 2.88. The second kappa shape index (κ2) is 11.2. The van der Waals surface area contributed by atoms with Crippen LogP contribution < -0.4 is 9.47 Å². The van der Waals surface area contributed by atoms with E-state index >= 15 is 0 Å². The van der Waals surface area contributed by atoms with Gasteiger partial charge in [-0.2, -0.15) is 0 Å². The first-order valence-corrected chi connectivity index (χ1v) is 13.4. The highest BCUT2D eigenvalue weighted by Crippen LogP contribution is 2.39. The minimum absolute atomic E-state index is 0.256. The van der Waals surface area contributed by atoms with Crippen LogP contribution in [0.25, 0.3) is 16.8 Å². The van der Waals surface area contributed by atoms with E-state index in [0.717, 1.165) is 39.2 Å². The number of carbonyl (C=O) groups excluding carboxylic acids is 2. The number of ether oxygens (including phenoxy) is 2. The molecule has 0 N–H and O–H groups in total. The van der Waals surface area contributed by atoms with Gasteiger partial charge in [0.25, 0.3) is 11.1 Å². The molecule has 4 aromatic carbocycles. The van der Waals surface area contributed by atoms with Crippen molar-refractivity contribution in [3.05, 3.63) is 111 Å². The molecule has 1 saturated heterocycles. The van der Waals surface area contributed by atoms with Crippen molar-refractivity contribution < 1.29 is 19.1 Å². The second-order valence-electron chi connectivity index (χ2n) is 8.53. The van der Waals surface area contributed by atoms with Crippen molar-refractivity contribution >= 4 is 55.7 Å². The first-order valence-electron chi connectivity index (χ1n) is 11.8. The molecule has 0 spiro atoms. The molecule has 0 aromatic heterocycles. The Balaban J connectivity index is 1.33. The third kappa shape index (κ3) is 5.58. The highest BCUT2D eigenvalue weighted by Gasteiger charge is 2.34. The molecule has 1 aliphatic heterocycles. The summed E-state index contributed by atoms with van der Waals surface area (Å²) in [6.45, 7) is 0.718. The summed E-state index contributed by atoms with van der Waals surface area (Å²) in [6.07, 6.45) is 2.34. The highest BCUT2D eigenvalue weighted by atomic mass is 79.9. The van der Waals surface area contributed by atoms with Crippen LogP contribution in [0.2, 0.25) is 0 Å². The molecule has 37 heavy (non-hydrogen) atoms. The van der Waals surface area contributed by atoms with E-state index in [0.29, 0.717) is 40.4 Å². The molecule has 2 amide bonds. The topological polar surface area (TPSA) is 55.8 Å². The van der Waals surface area contributed by atoms with Gasteiger partial charge >= 0.3 is 0 Å². The molecule has 1 heterocycles. The normalized spacial score (nSPS) is 14.5. The van der Waals surface area contributed by atoms with Crippen LogP contribution in [0, 0.1) is 0 Å². The van der Waals surface area contributed by atoms with Gasteiger partial charge in [-0.3, -0.25) is 14.5 Å². The summed E-state index contributed by atoms with van der Waals surface area (Å²) in [4.78, 5) is 27.2. The molecule has 0 saturated carbocycles. The number of amides is 2. The van der Waals surface area contributed by atoms with E-state index in [1.807, 2.05) is 60.7 Å². The van der Waals surface area contributed by atoms with Crippen LogP contribution in [0.15, 0.2) is 94.3 Å². The molecule has 7 heteroatoms. The molecule has 0 aliphatic carbocycles. The van der Waals surface area contributed by atoms with Crippen LogP contribution in [0.3, 0.4) is 0 Å². The van der Waals surface area contributed by atoms with Gasteiger partial charge in [-0.25, -0.2) is 0 Å². The van der Waals surface area contributed by atoms with Gasteiger partial charge in [0.2, 0.25) is 0 Å². The summed E-state index contributed by atoms with van der Waals surface area (Å²) in [7, 11) is 1.58. The van der Waals surface area contributed by atoms with Gasteiger partial charge in [-0.1, -0.05) is 72.8 Å². The molecule has 5 rings (SSSR count). The summed E-state index contributed by atoms with van der Waals surface area (Å²) in [6, 6.07) is 27.8. The van der Waals surface area contributed by atoms with E-state index in [1.165, 1.54) is 4.90 Å². The molecular weight excluding hydrogens is 550 g/mol. The average Bonchev–Trinajstić information content (AvgIpc) is 3.18. The van der Waals surface area contributed by atoms with Crippen molar-refractivity contribution in [2.24, 2.45) is 0 Å². The number of imide groups is 1. The molecular formula is C30H24BrNO4S. The Kier molecular flexibility index (Phi) is 7.63. The van der Waals surface area contributed by atoms with Crippen LogP contribution in [0.4, 0.5) is 4.79 Å². The molecule has 186 valence electrons. The Morgan fingerprint density at radius 3 is 2.51 bits per heavy atom. The molecule has 0 atom stereocenters. The SMILES string of the molecule is COc1cc(/C=C2\SC(=O)N(CCc3ccccc3)C2=O)cc(Br)c1OCc1cccc2ccccc12. The molecule has 0 unspecified atom stereocenters. The zero-order valence-electron chi connectivity index (χ0n) is 20.1. The summed E-state index contributed by atoms with van der Waals surface area (Å²) < 4.78 is 12.5. The zero-order valence-corrected chi connectivity index (χ0v) is 22.6. The number of hydrogen-bond donors (Lipinski definition) is 0. The number of hydrogen-bond acceptors (Lipinski definition) is 5. The molecule has 1 aliphatic rings. The first-order chi connectivity index (χ1) is 18.0. The van der Waals surface area contributed by atoms with Gasteiger partial charge in [0.05, 0.1) is 16.5 Å². The lowest BCUT2D eigenvalue weighted by Crippen LogP contribution is -2.30. The lowest BCUT2D eigenvalue weighted by Gasteiger charge is -2.15. The Morgan fingerprint density at radius 1 is 0.946 bits per heavy atom. The van der Waals surface area contributed by atoms with Crippen molar-refractivity contribution in [2.45, 2.75) is 13.0 Å². The molecule has 1 fully saturated rings. The summed E-state index contributed by atoms with van der Waals surface area (Å²) in [5.74, 6) is 0.824. The smallest absolute Gasteiger partial charge is 0.293 e. The minimum atomic E-state index is -0.280. The number of fused-ring (bicyclic) bond motifs is 1. The van der Waals surface area contributed by atoms with Gasteiger partial charge in [0.15, 0.2) is 11.5 Å².